The van der Waals surface area contributed by atoms with Gasteiger partial charge in [0.05, 0.1) is 32.5 Å². The lowest BCUT2D eigenvalue weighted by Gasteiger charge is -2.11. The van der Waals surface area contributed by atoms with Crippen molar-refractivity contribution in [1.29, 1.82) is 0 Å². The van der Waals surface area contributed by atoms with Crippen LogP contribution in [0.1, 0.15) is 0 Å². The van der Waals surface area contributed by atoms with E-state index in [-0.39, 0.29) is 0 Å². The maximum Gasteiger partial charge on any atom is 0.156 e. The van der Waals surface area contributed by atoms with E-state index in [1.54, 1.807) is 0 Å². The number of hydrogen-bond acceptors (Lipinski definition) is 2. The normalized spacial score (nSPS) is 12.0. The number of fused-ring (bicyclic) bond motifs is 11. The van der Waals surface area contributed by atoms with E-state index in [0.717, 1.165) is 27.9 Å². The number of hydrogen-bond donors (Lipinski definition) is 0. The summed E-state index contributed by atoms with van der Waals surface area (Å²) in [6, 6.07) is 68.4. The molecule has 8 aromatic carbocycles. The fourth-order valence-corrected chi connectivity index (χ4v) is 9.83. The van der Waals surface area contributed by atoms with Gasteiger partial charge >= 0.3 is 0 Å². The molecule has 4 heteroatoms. The maximum absolute atomic E-state index is 5.21. The minimum absolute atomic E-state index is 1.01. The summed E-state index contributed by atoms with van der Waals surface area (Å²) in [6.07, 6.45) is 0. The first-order valence-corrected chi connectivity index (χ1v) is 19.5. The average molecular weight is 718 g/mol. The van der Waals surface area contributed by atoms with Gasteiger partial charge < -0.3 is 4.57 Å². The number of benzene rings is 8. The van der Waals surface area contributed by atoms with Crippen molar-refractivity contribution in [3.05, 3.63) is 188 Å². The quantitative estimate of drug-likeness (QED) is 0.178. The van der Waals surface area contributed by atoms with E-state index in [4.69, 9.17) is 4.98 Å². The van der Waals surface area contributed by atoms with Gasteiger partial charge in [-0.1, -0.05) is 133 Å². The van der Waals surface area contributed by atoms with Crippen molar-refractivity contribution in [3.8, 4) is 39.2 Å². The molecule has 12 rings (SSSR count). The molecule has 0 radical (unpaired) electrons. The molecule has 12 aromatic rings. The monoisotopic (exact) mass is 717 g/mol. The molecule has 3 nitrogen and oxygen atoms in total. The first-order valence-electron chi connectivity index (χ1n) is 18.7. The highest BCUT2D eigenvalue weighted by Gasteiger charge is 2.18. The molecule has 0 N–H and O–H groups in total. The van der Waals surface area contributed by atoms with Gasteiger partial charge in [0.1, 0.15) is 0 Å². The number of imidazole rings is 1. The summed E-state index contributed by atoms with van der Waals surface area (Å²) >= 11 is 1.84. The third-order valence-electron chi connectivity index (χ3n) is 11.3. The Morgan fingerprint density at radius 3 is 1.78 bits per heavy atom. The van der Waals surface area contributed by atoms with Crippen molar-refractivity contribution in [2.24, 2.45) is 0 Å². The van der Waals surface area contributed by atoms with Gasteiger partial charge in [-0.15, -0.1) is 11.3 Å². The number of thiophene rings is 1. The van der Waals surface area contributed by atoms with E-state index in [2.05, 4.69) is 197 Å². The van der Waals surface area contributed by atoms with Crippen LogP contribution in [0, 0.1) is 0 Å². The van der Waals surface area contributed by atoms with Gasteiger partial charge in [-0.25, -0.2) is 4.98 Å². The summed E-state index contributed by atoms with van der Waals surface area (Å²) in [4.78, 5) is 5.21. The minimum atomic E-state index is 1.01. The molecule has 0 fully saturated rings. The first-order chi connectivity index (χ1) is 27.2. The van der Waals surface area contributed by atoms with Crippen molar-refractivity contribution in [1.82, 2.24) is 14.0 Å². The van der Waals surface area contributed by atoms with Gasteiger partial charge in [0.25, 0.3) is 0 Å². The van der Waals surface area contributed by atoms with Crippen LogP contribution in [0.5, 0.6) is 0 Å². The fraction of sp³-hybridized carbons (Fsp3) is 0. The molecule has 0 saturated heterocycles. The summed E-state index contributed by atoms with van der Waals surface area (Å²) in [6.45, 7) is 0. The summed E-state index contributed by atoms with van der Waals surface area (Å²) in [5, 5.41) is 7.60. The largest absolute Gasteiger partial charge is 0.309 e. The molecule has 256 valence electrons. The highest BCUT2D eigenvalue weighted by molar-refractivity contribution is 7.26. The zero-order chi connectivity index (χ0) is 36.0. The molecule has 0 aliphatic carbocycles. The summed E-state index contributed by atoms with van der Waals surface area (Å²) < 4.78 is 7.25. The van der Waals surface area contributed by atoms with E-state index in [9.17, 15) is 0 Å². The molecule has 0 spiro atoms. The molecule has 0 aliphatic rings. The minimum Gasteiger partial charge on any atom is -0.309 e. The molecule has 0 unspecified atom stereocenters. The predicted molar refractivity (Wildman–Crippen MR) is 234 cm³/mol. The zero-order valence-electron chi connectivity index (χ0n) is 29.6. The Bertz CT molecular complexity index is 3460. The van der Waals surface area contributed by atoms with Crippen LogP contribution in [-0.2, 0) is 0 Å². The van der Waals surface area contributed by atoms with Crippen LogP contribution in [0.4, 0.5) is 0 Å². The lowest BCUT2D eigenvalue weighted by atomic mass is 9.98. The van der Waals surface area contributed by atoms with E-state index in [1.165, 1.54) is 80.7 Å². The Kier molecular flexibility index (Phi) is 6.50. The SMILES string of the molecule is c1ccc(-n2c3ccccc3c3ccc(-c4ccc(-c5ccc(-c6cc7c8cc9ccccc9cc8sc7c7nc8ccccc8n67)cc5)cc4)cc32)cc1. The van der Waals surface area contributed by atoms with Crippen LogP contribution in [0.3, 0.4) is 0 Å². The molecular formula is C51H31N3S. The molecule has 55 heavy (non-hydrogen) atoms. The number of aromatic nitrogens is 3. The fourth-order valence-electron chi connectivity index (χ4n) is 8.64. The van der Waals surface area contributed by atoms with E-state index in [1.807, 2.05) is 11.3 Å². The van der Waals surface area contributed by atoms with Gasteiger partial charge in [-0.3, -0.25) is 4.40 Å². The van der Waals surface area contributed by atoms with Crippen LogP contribution in [0.2, 0.25) is 0 Å². The molecule has 0 aliphatic heterocycles. The van der Waals surface area contributed by atoms with Crippen LogP contribution in [0.25, 0.3) is 109 Å². The van der Waals surface area contributed by atoms with Crippen LogP contribution in [-0.4, -0.2) is 14.0 Å². The Labute approximate surface area is 320 Å². The lowest BCUT2D eigenvalue weighted by Crippen LogP contribution is -1.93. The number of para-hydroxylation sites is 4. The predicted octanol–water partition coefficient (Wildman–Crippen LogP) is 14.1. The van der Waals surface area contributed by atoms with Crippen molar-refractivity contribution in [2.75, 3.05) is 0 Å². The van der Waals surface area contributed by atoms with Crippen LogP contribution < -0.4 is 0 Å². The Hall–Kier alpha value is -7.01. The third-order valence-corrected chi connectivity index (χ3v) is 12.5. The highest BCUT2D eigenvalue weighted by atomic mass is 32.1. The first kappa shape index (κ1) is 30.5. The molecule has 0 amide bonds. The molecule has 4 heterocycles. The maximum atomic E-state index is 5.21. The Morgan fingerprint density at radius 2 is 1.00 bits per heavy atom. The van der Waals surface area contributed by atoms with Crippen molar-refractivity contribution in [3.63, 3.8) is 0 Å². The number of nitrogens with zero attached hydrogens (tertiary/aromatic N) is 3. The van der Waals surface area contributed by atoms with E-state index >= 15 is 0 Å². The molecule has 0 atom stereocenters. The van der Waals surface area contributed by atoms with Gasteiger partial charge in [0.2, 0.25) is 0 Å². The summed E-state index contributed by atoms with van der Waals surface area (Å²) in [5.74, 6) is 0. The third kappa shape index (κ3) is 4.65. The van der Waals surface area contributed by atoms with Crippen LogP contribution in [0.15, 0.2) is 188 Å². The van der Waals surface area contributed by atoms with Gasteiger partial charge in [0.15, 0.2) is 5.65 Å². The topological polar surface area (TPSA) is 22.2 Å². The number of rotatable bonds is 4. The van der Waals surface area contributed by atoms with Crippen molar-refractivity contribution < 1.29 is 0 Å². The smallest absolute Gasteiger partial charge is 0.156 e. The molecule has 0 bridgehead atoms. The zero-order valence-corrected chi connectivity index (χ0v) is 30.5. The number of pyridine rings is 1. The van der Waals surface area contributed by atoms with E-state index in [0.29, 0.717) is 0 Å². The molecular weight excluding hydrogens is 687 g/mol. The van der Waals surface area contributed by atoms with Gasteiger partial charge in [-0.2, -0.15) is 0 Å². The summed E-state index contributed by atoms with van der Waals surface area (Å²) in [5.41, 5.74) is 13.9. The van der Waals surface area contributed by atoms with E-state index < -0.39 is 0 Å². The van der Waals surface area contributed by atoms with Crippen LogP contribution >= 0.6 is 11.3 Å². The Balaban J connectivity index is 0.943. The van der Waals surface area contributed by atoms with Crippen molar-refractivity contribution in [2.45, 2.75) is 0 Å². The van der Waals surface area contributed by atoms with Gasteiger partial charge in [0, 0.05) is 31.9 Å². The highest BCUT2D eigenvalue weighted by Crippen LogP contribution is 2.42. The average Bonchev–Trinajstić information content (AvgIpc) is 3.92. The second kappa shape index (κ2) is 11.7. The molecule has 4 aromatic heterocycles. The standard InChI is InChI=1S/C51H31N3S/c1-2-12-39(13-3-1)53-45-16-8-6-14-40(45)41-27-26-38(29-48(41)53)34-20-18-32(19-21-34)33-22-24-35(25-23-33)47-31-43-42-28-36-10-4-5-11-37(36)30-49(42)55-50(43)51-52-44-15-7-9-17-46(44)54(47)51/h1-31H. The molecule has 0 saturated carbocycles. The van der Waals surface area contributed by atoms with Gasteiger partial charge in [-0.05, 0) is 93.2 Å². The Morgan fingerprint density at radius 1 is 0.400 bits per heavy atom. The second-order valence-electron chi connectivity index (χ2n) is 14.4. The lowest BCUT2D eigenvalue weighted by molar-refractivity contribution is 1.18. The second-order valence-corrected chi connectivity index (χ2v) is 15.5. The summed E-state index contributed by atoms with van der Waals surface area (Å²) in [7, 11) is 0. The van der Waals surface area contributed by atoms with Crippen molar-refractivity contribution >= 4 is 80.8 Å².